The van der Waals surface area contributed by atoms with Crippen LogP contribution in [0.25, 0.3) is 0 Å². The third-order valence-corrected chi connectivity index (χ3v) is 6.70. The fourth-order valence-electron chi connectivity index (χ4n) is 5.40. The summed E-state index contributed by atoms with van der Waals surface area (Å²) in [6, 6.07) is 10.5. The van der Waals surface area contributed by atoms with Crippen molar-refractivity contribution in [2.75, 3.05) is 31.1 Å². The number of benzene rings is 1. The van der Waals surface area contributed by atoms with Gasteiger partial charge in [0.1, 0.15) is 17.3 Å². The molecule has 3 atom stereocenters. The summed E-state index contributed by atoms with van der Waals surface area (Å²) in [5.74, 6) is 2.39. The van der Waals surface area contributed by atoms with E-state index in [-0.39, 0.29) is 17.9 Å². The molecule has 1 N–H and O–H groups in total. The van der Waals surface area contributed by atoms with Crippen LogP contribution in [0.4, 0.5) is 5.82 Å². The number of aryl methyl sites for hydroxylation is 1. The van der Waals surface area contributed by atoms with Gasteiger partial charge in [-0.15, -0.1) is 0 Å². The smallest absolute Gasteiger partial charge is 0.270 e. The van der Waals surface area contributed by atoms with Gasteiger partial charge in [0.05, 0.1) is 6.04 Å². The molecular weight excluding hydrogens is 378 g/mol. The van der Waals surface area contributed by atoms with E-state index in [9.17, 15) is 9.59 Å². The van der Waals surface area contributed by atoms with E-state index >= 15 is 0 Å². The summed E-state index contributed by atoms with van der Waals surface area (Å²) in [4.78, 5) is 38.6. The van der Waals surface area contributed by atoms with Gasteiger partial charge >= 0.3 is 0 Å². The number of anilines is 1. The van der Waals surface area contributed by atoms with E-state index in [1.54, 1.807) is 0 Å². The summed E-state index contributed by atoms with van der Waals surface area (Å²) in [7, 11) is 0. The van der Waals surface area contributed by atoms with Crippen molar-refractivity contribution in [3.63, 3.8) is 0 Å². The molecular formula is C23H27N5O2. The molecule has 3 aliphatic heterocycles. The molecule has 30 heavy (non-hydrogen) atoms. The lowest BCUT2D eigenvalue weighted by molar-refractivity contribution is -0.132. The molecule has 1 aromatic heterocycles. The summed E-state index contributed by atoms with van der Waals surface area (Å²) in [5.41, 5.74) is 2.68. The van der Waals surface area contributed by atoms with Gasteiger partial charge in [0, 0.05) is 50.0 Å². The zero-order valence-electron chi connectivity index (χ0n) is 17.5. The number of aromatic nitrogens is 2. The van der Waals surface area contributed by atoms with Crippen molar-refractivity contribution in [3.8, 4) is 0 Å². The van der Waals surface area contributed by atoms with Gasteiger partial charge in [-0.25, -0.2) is 9.97 Å². The SMILES string of the molecule is CCC(=O)N1C[C@@H]2CN(c3nc(C)nc4c3CCNC4=O)C[C@@H]2[C@@H]1c1ccccc1. The van der Waals surface area contributed by atoms with Crippen molar-refractivity contribution >= 4 is 17.6 Å². The Bertz CT molecular complexity index is 993. The number of nitrogens with one attached hydrogen (secondary N) is 1. The number of carbonyl (C=O) groups is 2. The third kappa shape index (κ3) is 3.04. The lowest BCUT2D eigenvalue weighted by Crippen LogP contribution is -2.38. The number of nitrogens with zero attached hydrogens (tertiary/aromatic N) is 4. The molecule has 0 bridgehead atoms. The van der Waals surface area contributed by atoms with Crippen LogP contribution in [0.15, 0.2) is 30.3 Å². The molecule has 7 nitrogen and oxygen atoms in total. The van der Waals surface area contributed by atoms with Gasteiger partial charge in [-0.1, -0.05) is 37.3 Å². The summed E-state index contributed by atoms with van der Waals surface area (Å²) in [5, 5.41) is 2.88. The van der Waals surface area contributed by atoms with Gasteiger partial charge < -0.3 is 15.1 Å². The van der Waals surface area contributed by atoms with Gasteiger partial charge in [0.25, 0.3) is 5.91 Å². The second kappa shape index (κ2) is 7.38. The van der Waals surface area contributed by atoms with Crippen LogP contribution < -0.4 is 10.2 Å². The predicted octanol–water partition coefficient (Wildman–Crippen LogP) is 2.12. The molecule has 156 valence electrons. The highest BCUT2D eigenvalue weighted by molar-refractivity contribution is 5.96. The van der Waals surface area contributed by atoms with E-state index in [0.29, 0.717) is 36.3 Å². The topological polar surface area (TPSA) is 78.4 Å². The normalized spacial score (nSPS) is 25.1. The highest BCUT2D eigenvalue weighted by atomic mass is 16.2. The van der Waals surface area contributed by atoms with E-state index < -0.39 is 0 Å². The molecule has 2 saturated heterocycles. The van der Waals surface area contributed by atoms with Gasteiger partial charge in [0.15, 0.2) is 0 Å². The maximum absolute atomic E-state index is 12.7. The van der Waals surface area contributed by atoms with E-state index in [1.165, 1.54) is 5.56 Å². The number of amides is 2. The van der Waals surface area contributed by atoms with E-state index in [0.717, 1.165) is 37.4 Å². The van der Waals surface area contributed by atoms with E-state index in [4.69, 9.17) is 4.98 Å². The Hall–Kier alpha value is -2.96. The van der Waals surface area contributed by atoms with Gasteiger partial charge in [-0.2, -0.15) is 0 Å². The van der Waals surface area contributed by atoms with Crippen molar-refractivity contribution in [2.45, 2.75) is 32.7 Å². The van der Waals surface area contributed by atoms with Crippen LogP contribution in [0, 0.1) is 18.8 Å². The van der Waals surface area contributed by atoms with E-state index in [1.807, 2.05) is 32.0 Å². The molecule has 5 rings (SSSR count). The van der Waals surface area contributed by atoms with Gasteiger partial charge in [-0.3, -0.25) is 9.59 Å². The van der Waals surface area contributed by atoms with Crippen LogP contribution >= 0.6 is 0 Å². The number of likely N-dealkylation sites (tertiary alicyclic amines) is 1. The van der Waals surface area contributed by atoms with Crippen molar-refractivity contribution in [1.82, 2.24) is 20.2 Å². The second-order valence-electron chi connectivity index (χ2n) is 8.51. The molecule has 0 unspecified atom stereocenters. The zero-order chi connectivity index (χ0) is 20.8. The first-order chi connectivity index (χ1) is 14.6. The monoisotopic (exact) mass is 405 g/mol. The molecule has 1 aromatic carbocycles. The van der Waals surface area contributed by atoms with Crippen molar-refractivity contribution in [2.24, 2.45) is 11.8 Å². The Morgan fingerprint density at radius 2 is 1.97 bits per heavy atom. The molecule has 4 heterocycles. The lowest BCUT2D eigenvalue weighted by atomic mass is 9.89. The van der Waals surface area contributed by atoms with Crippen molar-refractivity contribution in [3.05, 3.63) is 53.0 Å². The lowest BCUT2D eigenvalue weighted by Gasteiger charge is -2.31. The number of hydrogen-bond acceptors (Lipinski definition) is 5. The predicted molar refractivity (Wildman–Crippen MR) is 113 cm³/mol. The van der Waals surface area contributed by atoms with Crippen LogP contribution in [0.2, 0.25) is 0 Å². The van der Waals surface area contributed by atoms with Crippen molar-refractivity contribution in [1.29, 1.82) is 0 Å². The molecule has 2 amide bonds. The Balaban J connectivity index is 1.49. The van der Waals surface area contributed by atoms with Crippen LogP contribution in [0.1, 0.15) is 46.8 Å². The molecule has 7 heteroatoms. The first-order valence-electron chi connectivity index (χ1n) is 10.8. The summed E-state index contributed by atoms with van der Waals surface area (Å²) in [6.07, 6.45) is 1.28. The minimum absolute atomic E-state index is 0.0932. The average molecular weight is 406 g/mol. The number of rotatable bonds is 3. The van der Waals surface area contributed by atoms with Gasteiger partial charge in [0.2, 0.25) is 5.91 Å². The van der Waals surface area contributed by atoms with Crippen LogP contribution in [-0.2, 0) is 11.2 Å². The van der Waals surface area contributed by atoms with Crippen molar-refractivity contribution < 1.29 is 9.59 Å². The molecule has 3 aliphatic rings. The molecule has 2 fully saturated rings. The Morgan fingerprint density at radius 1 is 1.17 bits per heavy atom. The number of fused-ring (bicyclic) bond motifs is 2. The molecule has 0 aliphatic carbocycles. The average Bonchev–Trinajstić information content (AvgIpc) is 3.32. The quantitative estimate of drug-likeness (QED) is 0.846. The molecule has 2 aromatic rings. The standard InChI is InChI=1S/C23H27N5O2/c1-3-19(29)28-12-16-11-27(13-18(16)21(28)15-7-5-4-6-8-15)22-17-9-10-24-23(30)20(17)25-14(2)26-22/h4-8,16,18,21H,3,9-13H2,1-2H3,(H,24,30)/t16-,18-,21-/m0/s1. The molecule has 0 saturated carbocycles. The Labute approximate surface area is 176 Å². The van der Waals surface area contributed by atoms with Crippen LogP contribution in [-0.4, -0.2) is 52.9 Å². The highest BCUT2D eigenvalue weighted by Gasteiger charge is 2.49. The molecule has 0 radical (unpaired) electrons. The molecule has 0 spiro atoms. The third-order valence-electron chi connectivity index (χ3n) is 6.70. The largest absolute Gasteiger partial charge is 0.356 e. The number of carbonyl (C=O) groups excluding carboxylic acids is 2. The highest BCUT2D eigenvalue weighted by Crippen LogP contribution is 2.46. The fourth-order valence-corrected chi connectivity index (χ4v) is 5.40. The Morgan fingerprint density at radius 3 is 2.73 bits per heavy atom. The zero-order valence-corrected chi connectivity index (χ0v) is 17.5. The number of hydrogen-bond donors (Lipinski definition) is 1. The van der Waals surface area contributed by atoms with Crippen LogP contribution in [0.5, 0.6) is 0 Å². The first-order valence-corrected chi connectivity index (χ1v) is 10.8. The Kier molecular flexibility index (Phi) is 4.68. The minimum atomic E-state index is -0.107. The fraction of sp³-hybridized carbons (Fsp3) is 0.478. The van der Waals surface area contributed by atoms with Gasteiger partial charge in [-0.05, 0) is 18.9 Å². The first kappa shape index (κ1) is 19.0. The maximum Gasteiger partial charge on any atom is 0.270 e. The summed E-state index contributed by atoms with van der Waals surface area (Å²) < 4.78 is 0. The maximum atomic E-state index is 12.7. The van der Waals surface area contributed by atoms with Crippen LogP contribution in [0.3, 0.4) is 0 Å². The van der Waals surface area contributed by atoms with E-state index in [2.05, 4.69) is 32.2 Å². The summed E-state index contributed by atoms with van der Waals surface area (Å²) >= 11 is 0. The minimum Gasteiger partial charge on any atom is -0.356 e. The summed E-state index contributed by atoms with van der Waals surface area (Å²) in [6.45, 7) is 6.87. The second-order valence-corrected chi connectivity index (χ2v) is 8.51.